The van der Waals surface area contributed by atoms with Gasteiger partial charge in [-0.05, 0) is 68.4 Å². The van der Waals surface area contributed by atoms with E-state index in [4.69, 9.17) is 0 Å². The fraction of sp³-hybridized carbons (Fsp3) is 0.0870. The van der Waals surface area contributed by atoms with E-state index in [1.54, 1.807) is 24.5 Å². The Morgan fingerprint density at radius 3 is 2.48 bits per heavy atom. The summed E-state index contributed by atoms with van der Waals surface area (Å²) in [4.78, 5) is 16.8. The summed E-state index contributed by atoms with van der Waals surface area (Å²) in [5.74, 6) is 0.604. The van der Waals surface area contributed by atoms with E-state index in [9.17, 15) is 4.79 Å². The zero-order valence-electron chi connectivity index (χ0n) is 16.3. The lowest BCUT2D eigenvalue weighted by atomic mass is 10.2. The lowest BCUT2D eigenvalue weighted by Crippen LogP contribution is -2.17. The number of hydrazone groups is 1. The first-order valence-electron chi connectivity index (χ1n) is 9.30. The Kier molecular flexibility index (Phi) is 5.07. The minimum atomic E-state index is -0.251. The Balaban J connectivity index is 1.46. The number of amides is 1. The van der Waals surface area contributed by atoms with Gasteiger partial charge in [0.2, 0.25) is 0 Å². The normalized spacial score (nSPS) is 11.1. The van der Waals surface area contributed by atoms with Crippen molar-refractivity contribution >= 4 is 12.1 Å². The summed E-state index contributed by atoms with van der Waals surface area (Å²) in [5, 5.41) is 4.14. The maximum Gasteiger partial charge on any atom is 0.271 e. The molecule has 0 aliphatic rings. The molecular weight excluding hydrogens is 362 g/mol. The summed E-state index contributed by atoms with van der Waals surface area (Å²) in [6.45, 7) is 4.02. The maximum absolute atomic E-state index is 12.4. The van der Waals surface area contributed by atoms with Gasteiger partial charge in [-0.25, -0.2) is 10.4 Å². The molecule has 6 nitrogen and oxygen atoms in total. The summed E-state index contributed by atoms with van der Waals surface area (Å²) < 4.78 is 4.04. The molecule has 0 spiro atoms. The zero-order chi connectivity index (χ0) is 20.2. The molecule has 0 radical (unpaired) electrons. The molecule has 3 heterocycles. The molecule has 0 fully saturated rings. The van der Waals surface area contributed by atoms with Crippen LogP contribution >= 0.6 is 0 Å². The van der Waals surface area contributed by atoms with Gasteiger partial charge >= 0.3 is 0 Å². The zero-order valence-corrected chi connectivity index (χ0v) is 16.3. The Bertz CT molecular complexity index is 1140. The van der Waals surface area contributed by atoms with Gasteiger partial charge in [0.15, 0.2) is 0 Å². The third-order valence-electron chi connectivity index (χ3n) is 4.75. The van der Waals surface area contributed by atoms with Crippen LogP contribution in [0.15, 0.2) is 84.4 Å². The first-order chi connectivity index (χ1) is 14.1. The van der Waals surface area contributed by atoms with Gasteiger partial charge < -0.3 is 9.13 Å². The summed E-state index contributed by atoms with van der Waals surface area (Å²) in [5.41, 5.74) is 7.13. The minimum absolute atomic E-state index is 0.251. The van der Waals surface area contributed by atoms with Crippen molar-refractivity contribution in [3.63, 3.8) is 0 Å². The molecule has 0 aliphatic carbocycles. The Labute approximate surface area is 169 Å². The van der Waals surface area contributed by atoms with Gasteiger partial charge in [0.1, 0.15) is 5.82 Å². The number of aromatic nitrogens is 3. The van der Waals surface area contributed by atoms with Crippen LogP contribution in [0.3, 0.4) is 0 Å². The van der Waals surface area contributed by atoms with Crippen molar-refractivity contribution in [1.29, 1.82) is 0 Å². The second-order valence-corrected chi connectivity index (χ2v) is 6.69. The highest BCUT2D eigenvalue weighted by molar-refractivity contribution is 5.95. The number of nitrogens with one attached hydrogen (secondary N) is 1. The molecule has 144 valence electrons. The van der Waals surface area contributed by atoms with Crippen molar-refractivity contribution < 1.29 is 4.79 Å². The average Bonchev–Trinajstić information content (AvgIpc) is 3.37. The van der Waals surface area contributed by atoms with Crippen molar-refractivity contribution in [2.45, 2.75) is 13.8 Å². The molecule has 0 saturated carbocycles. The minimum Gasteiger partial charge on any atom is -0.324 e. The quantitative estimate of drug-likeness (QED) is 0.417. The van der Waals surface area contributed by atoms with E-state index >= 15 is 0 Å². The molecule has 6 heteroatoms. The SMILES string of the molecule is Cc1cc(/C=N/NC(=O)c2ccc(-n3cccc3)cc2)c(C)n1-c1ccccn1. The van der Waals surface area contributed by atoms with Gasteiger partial charge in [-0.1, -0.05) is 6.07 Å². The number of rotatable bonds is 5. The van der Waals surface area contributed by atoms with E-state index in [1.807, 2.05) is 79.3 Å². The Hall–Kier alpha value is -3.93. The summed E-state index contributed by atoms with van der Waals surface area (Å²) >= 11 is 0. The van der Waals surface area contributed by atoms with E-state index in [0.29, 0.717) is 5.56 Å². The van der Waals surface area contributed by atoms with Crippen molar-refractivity contribution in [3.05, 3.63) is 102 Å². The fourth-order valence-corrected chi connectivity index (χ4v) is 3.27. The summed E-state index contributed by atoms with van der Waals surface area (Å²) in [6, 6.07) is 19.1. The number of pyridine rings is 1. The van der Waals surface area contributed by atoms with Gasteiger partial charge in [0.25, 0.3) is 5.91 Å². The van der Waals surface area contributed by atoms with Gasteiger partial charge in [-0.15, -0.1) is 0 Å². The predicted octanol–water partition coefficient (Wildman–Crippen LogP) is 4.04. The molecule has 0 atom stereocenters. The lowest BCUT2D eigenvalue weighted by molar-refractivity contribution is 0.0955. The summed E-state index contributed by atoms with van der Waals surface area (Å²) in [7, 11) is 0. The molecule has 0 bridgehead atoms. The second-order valence-electron chi connectivity index (χ2n) is 6.69. The van der Waals surface area contributed by atoms with Crippen LogP contribution in [0.25, 0.3) is 11.5 Å². The highest BCUT2D eigenvalue weighted by Crippen LogP contribution is 2.18. The number of carbonyl (C=O) groups excluding carboxylic acids is 1. The van der Waals surface area contributed by atoms with E-state index in [1.165, 1.54) is 0 Å². The number of benzene rings is 1. The third kappa shape index (κ3) is 3.87. The van der Waals surface area contributed by atoms with Gasteiger partial charge in [-0.2, -0.15) is 5.10 Å². The number of carbonyl (C=O) groups is 1. The molecule has 4 rings (SSSR count). The summed E-state index contributed by atoms with van der Waals surface area (Å²) in [6.07, 6.45) is 7.35. The molecule has 1 N–H and O–H groups in total. The lowest BCUT2D eigenvalue weighted by Gasteiger charge is -2.07. The van der Waals surface area contributed by atoms with Crippen LogP contribution in [0.2, 0.25) is 0 Å². The monoisotopic (exact) mass is 383 g/mol. The highest BCUT2D eigenvalue weighted by atomic mass is 16.2. The molecule has 1 aromatic carbocycles. The molecule has 0 aliphatic heterocycles. The highest BCUT2D eigenvalue weighted by Gasteiger charge is 2.10. The van der Waals surface area contributed by atoms with Gasteiger partial charge in [-0.3, -0.25) is 4.79 Å². The first kappa shape index (κ1) is 18.4. The van der Waals surface area contributed by atoms with Crippen LogP contribution in [0.4, 0.5) is 0 Å². The molecule has 4 aromatic rings. The van der Waals surface area contributed by atoms with Crippen molar-refractivity contribution in [3.8, 4) is 11.5 Å². The largest absolute Gasteiger partial charge is 0.324 e. The van der Waals surface area contributed by atoms with Crippen LogP contribution in [0.1, 0.15) is 27.3 Å². The third-order valence-corrected chi connectivity index (χ3v) is 4.75. The molecule has 1 amide bonds. The Morgan fingerprint density at radius 2 is 1.79 bits per heavy atom. The van der Waals surface area contributed by atoms with Crippen LogP contribution in [-0.2, 0) is 0 Å². The molecule has 29 heavy (non-hydrogen) atoms. The average molecular weight is 383 g/mol. The van der Waals surface area contributed by atoms with E-state index < -0.39 is 0 Å². The molecule has 0 unspecified atom stereocenters. The maximum atomic E-state index is 12.4. The van der Waals surface area contributed by atoms with Crippen molar-refractivity contribution in [1.82, 2.24) is 19.5 Å². The van der Waals surface area contributed by atoms with Crippen molar-refractivity contribution in [2.75, 3.05) is 0 Å². The smallest absolute Gasteiger partial charge is 0.271 e. The van der Waals surface area contributed by atoms with Gasteiger partial charge in [0, 0.05) is 46.8 Å². The van der Waals surface area contributed by atoms with Gasteiger partial charge in [0.05, 0.1) is 6.21 Å². The van der Waals surface area contributed by atoms with Crippen LogP contribution in [0.5, 0.6) is 0 Å². The van der Waals surface area contributed by atoms with E-state index in [0.717, 1.165) is 28.5 Å². The number of aryl methyl sites for hydroxylation is 1. The fourth-order valence-electron chi connectivity index (χ4n) is 3.27. The molecule has 3 aromatic heterocycles. The van der Waals surface area contributed by atoms with Crippen molar-refractivity contribution in [2.24, 2.45) is 5.10 Å². The standard InChI is InChI=1S/C23H21N5O/c1-17-15-20(18(2)28(17)22-7-3-4-12-24-22)16-25-26-23(29)19-8-10-21(11-9-19)27-13-5-6-14-27/h3-16H,1-2H3,(H,26,29)/b25-16+. The number of hydrogen-bond acceptors (Lipinski definition) is 3. The first-order valence-corrected chi connectivity index (χ1v) is 9.30. The Morgan fingerprint density at radius 1 is 1.03 bits per heavy atom. The van der Waals surface area contributed by atoms with Crippen LogP contribution < -0.4 is 5.43 Å². The molecule has 0 saturated heterocycles. The predicted molar refractivity (Wildman–Crippen MR) is 114 cm³/mol. The number of hydrogen-bond donors (Lipinski definition) is 1. The molecular formula is C23H21N5O. The van der Waals surface area contributed by atoms with E-state index in [2.05, 4.69) is 20.1 Å². The van der Waals surface area contributed by atoms with Crippen LogP contribution in [-0.4, -0.2) is 26.2 Å². The topological polar surface area (TPSA) is 64.2 Å². The number of nitrogens with zero attached hydrogens (tertiary/aromatic N) is 4. The van der Waals surface area contributed by atoms with E-state index in [-0.39, 0.29) is 5.91 Å². The second kappa shape index (κ2) is 7.98. The van der Waals surface area contributed by atoms with Crippen LogP contribution in [0, 0.1) is 13.8 Å².